The third kappa shape index (κ3) is 4.76. The number of hydrogen-bond acceptors (Lipinski definition) is 3. The summed E-state index contributed by atoms with van der Waals surface area (Å²) in [5, 5.41) is 18.0. The fourth-order valence-electron chi connectivity index (χ4n) is 3.80. The molecule has 1 fully saturated rings. The Morgan fingerprint density at radius 1 is 0.867 bits per heavy atom. The second-order valence-corrected chi connectivity index (χ2v) is 8.58. The molecule has 0 heterocycles. The predicted molar refractivity (Wildman–Crippen MR) is 120 cm³/mol. The van der Waals surface area contributed by atoms with Gasteiger partial charge in [-0.25, -0.2) is 0 Å². The fraction of sp³-hybridized carbons (Fsp3) is 0.296. The summed E-state index contributed by atoms with van der Waals surface area (Å²) in [5.74, 6) is 0.460. The van der Waals surface area contributed by atoms with Crippen LogP contribution in [0.1, 0.15) is 62.3 Å². The van der Waals surface area contributed by atoms with Crippen molar-refractivity contribution >= 4 is 17.9 Å². The van der Waals surface area contributed by atoms with Crippen molar-refractivity contribution in [1.29, 1.82) is 10.5 Å². The first-order chi connectivity index (χ1) is 14.4. The quantitative estimate of drug-likeness (QED) is 0.571. The number of nitriles is 2. The normalized spacial score (nSPS) is 19.5. The zero-order valence-electron chi connectivity index (χ0n) is 17.8. The van der Waals surface area contributed by atoms with Crippen LogP contribution in [0.2, 0.25) is 0 Å². The molecule has 2 aromatic carbocycles. The number of carbonyl (C=O) groups excluding carboxylic acids is 1. The fourth-order valence-corrected chi connectivity index (χ4v) is 3.80. The summed E-state index contributed by atoms with van der Waals surface area (Å²) in [4.78, 5) is 13.3. The lowest BCUT2D eigenvalue weighted by Crippen LogP contribution is -2.30. The van der Waals surface area contributed by atoms with Crippen LogP contribution in [0.4, 0.5) is 0 Å². The maximum atomic E-state index is 13.3. The summed E-state index contributed by atoms with van der Waals surface area (Å²) in [5.41, 5.74) is 4.84. The summed E-state index contributed by atoms with van der Waals surface area (Å²) in [6, 6.07) is 18.9. The molecule has 0 aliphatic heterocycles. The van der Waals surface area contributed by atoms with Gasteiger partial charge in [-0.15, -0.1) is 0 Å². The monoisotopic (exact) mass is 394 g/mol. The van der Waals surface area contributed by atoms with Crippen LogP contribution in [0.25, 0.3) is 12.2 Å². The maximum Gasteiger partial charge on any atom is 0.185 e. The summed E-state index contributed by atoms with van der Waals surface area (Å²) < 4.78 is 0. The Labute approximate surface area is 179 Å². The number of nitrogens with zero attached hydrogens (tertiary/aromatic N) is 2. The zero-order valence-corrected chi connectivity index (χ0v) is 17.8. The van der Waals surface area contributed by atoms with E-state index in [1.165, 1.54) is 0 Å². The summed E-state index contributed by atoms with van der Waals surface area (Å²) in [6.45, 7) is 6.74. The first-order valence-electron chi connectivity index (χ1n) is 10.3. The van der Waals surface area contributed by atoms with Gasteiger partial charge in [0.2, 0.25) is 0 Å². The lowest BCUT2D eigenvalue weighted by atomic mass is 9.66. The molecule has 3 nitrogen and oxygen atoms in total. The van der Waals surface area contributed by atoms with Crippen LogP contribution in [0, 0.1) is 34.0 Å². The van der Waals surface area contributed by atoms with Crippen molar-refractivity contribution in [3.8, 4) is 12.1 Å². The molecular weight excluding hydrogens is 368 g/mol. The zero-order chi connectivity index (χ0) is 21.7. The van der Waals surface area contributed by atoms with Gasteiger partial charge in [-0.1, -0.05) is 51.5 Å². The number of ketones is 1. The van der Waals surface area contributed by atoms with Crippen LogP contribution in [-0.2, 0) is 4.79 Å². The van der Waals surface area contributed by atoms with Crippen molar-refractivity contribution in [3.05, 3.63) is 81.9 Å². The molecule has 1 aliphatic carbocycles. The average molecular weight is 395 g/mol. The minimum atomic E-state index is 0.0897. The Balaban J connectivity index is 2.00. The van der Waals surface area contributed by atoms with E-state index in [4.69, 9.17) is 10.5 Å². The second-order valence-electron chi connectivity index (χ2n) is 8.58. The molecule has 0 saturated heterocycles. The Hall–Kier alpha value is -3.43. The Morgan fingerprint density at radius 2 is 1.27 bits per heavy atom. The van der Waals surface area contributed by atoms with Gasteiger partial charge in [-0.2, -0.15) is 10.5 Å². The van der Waals surface area contributed by atoms with Gasteiger partial charge in [0.25, 0.3) is 0 Å². The van der Waals surface area contributed by atoms with Crippen LogP contribution in [0.15, 0.2) is 59.7 Å². The highest BCUT2D eigenvalue weighted by Crippen LogP contribution is 2.43. The molecule has 0 amide bonds. The lowest BCUT2D eigenvalue weighted by Gasteiger charge is -2.37. The molecule has 2 aromatic rings. The van der Waals surface area contributed by atoms with E-state index in [0.29, 0.717) is 17.0 Å². The molecular formula is C27H26N2O. The van der Waals surface area contributed by atoms with Crippen LogP contribution < -0.4 is 0 Å². The van der Waals surface area contributed by atoms with Crippen molar-refractivity contribution in [2.75, 3.05) is 0 Å². The minimum absolute atomic E-state index is 0.0897. The van der Waals surface area contributed by atoms with Gasteiger partial charge in [0.05, 0.1) is 23.3 Å². The van der Waals surface area contributed by atoms with Gasteiger partial charge in [-0.3, -0.25) is 4.79 Å². The Bertz CT molecular complexity index is 992. The van der Waals surface area contributed by atoms with E-state index < -0.39 is 0 Å². The summed E-state index contributed by atoms with van der Waals surface area (Å²) in [6.07, 6.45) is 6.48. The first kappa shape index (κ1) is 21.3. The van der Waals surface area contributed by atoms with Crippen LogP contribution >= 0.6 is 0 Å². The van der Waals surface area contributed by atoms with Gasteiger partial charge in [0.15, 0.2) is 5.78 Å². The number of hydrogen-bond donors (Lipinski definition) is 0. The molecule has 1 unspecified atom stereocenters. The van der Waals surface area contributed by atoms with Gasteiger partial charge in [0.1, 0.15) is 0 Å². The van der Waals surface area contributed by atoms with E-state index in [1.54, 1.807) is 24.3 Å². The van der Waals surface area contributed by atoms with E-state index in [0.717, 1.165) is 41.5 Å². The topological polar surface area (TPSA) is 64.7 Å². The molecule has 0 spiro atoms. The molecule has 3 rings (SSSR count). The SMILES string of the molecule is CCC(C)(C)C1C/C(=C/c2ccc(C#N)cc2)C(=O)/C(=C/c2ccc(C#N)cc2)C1. The molecule has 0 bridgehead atoms. The van der Waals surface area contributed by atoms with Gasteiger partial charge >= 0.3 is 0 Å². The Kier molecular flexibility index (Phi) is 6.34. The average Bonchev–Trinajstić information content (AvgIpc) is 2.77. The molecule has 1 atom stereocenters. The van der Waals surface area contributed by atoms with E-state index in [1.807, 2.05) is 36.4 Å². The van der Waals surface area contributed by atoms with Crippen molar-refractivity contribution in [2.45, 2.75) is 40.0 Å². The van der Waals surface area contributed by atoms with E-state index in [-0.39, 0.29) is 11.2 Å². The first-order valence-corrected chi connectivity index (χ1v) is 10.3. The van der Waals surface area contributed by atoms with E-state index in [2.05, 4.69) is 32.9 Å². The van der Waals surface area contributed by atoms with Crippen molar-refractivity contribution in [1.82, 2.24) is 0 Å². The number of rotatable bonds is 4. The number of benzene rings is 2. The van der Waals surface area contributed by atoms with Crippen LogP contribution in [-0.4, -0.2) is 5.78 Å². The predicted octanol–water partition coefficient (Wildman–Crippen LogP) is 6.31. The summed E-state index contributed by atoms with van der Waals surface area (Å²) in [7, 11) is 0. The minimum Gasteiger partial charge on any atom is -0.289 e. The van der Waals surface area contributed by atoms with Gasteiger partial charge < -0.3 is 0 Å². The van der Waals surface area contributed by atoms with Crippen LogP contribution in [0.5, 0.6) is 0 Å². The third-order valence-electron chi connectivity index (χ3n) is 6.29. The number of carbonyl (C=O) groups is 1. The molecule has 1 saturated carbocycles. The summed E-state index contributed by atoms with van der Waals surface area (Å²) >= 11 is 0. The number of allylic oxidation sites excluding steroid dienone is 2. The number of Topliss-reactive ketones (excluding diaryl/α,β-unsaturated/α-hetero) is 1. The molecule has 0 radical (unpaired) electrons. The highest BCUT2D eigenvalue weighted by atomic mass is 16.1. The largest absolute Gasteiger partial charge is 0.289 e. The van der Waals surface area contributed by atoms with E-state index >= 15 is 0 Å². The maximum absolute atomic E-state index is 13.3. The Morgan fingerprint density at radius 3 is 1.60 bits per heavy atom. The molecule has 0 aromatic heterocycles. The van der Waals surface area contributed by atoms with Crippen molar-refractivity contribution in [2.24, 2.45) is 11.3 Å². The molecule has 30 heavy (non-hydrogen) atoms. The highest BCUT2D eigenvalue weighted by molar-refractivity contribution is 6.14. The van der Waals surface area contributed by atoms with Gasteiger partial charge in [-0.05, 0) is 71.7 Å². The van der Waals surface area contributed by atoms with Gasteiger partial charge in [0, 0.05) is 11.1 Å². The van der Waals surface area contributed by atoms with Crippen molar-refractivity contribution in [3.63, 3.8) is 0 Å². The second kappa shape index (κ2) is 8.93. The highest BCUT2D eigenvalue weighted by Gasteiger charge is 2.36. The standard InChI is InChI=1S/C27H26N2O/c1-4-27(2,3)25-15-23(13-19-5-9-21(17-28)10-6-19)26(30)24(16-25)14-20-7-11-22(18-29)12-8-20/h5-14,25H,4,15-16H2,1-3H3/b23-13-,24-14+. The molecule has 1 aliphatic rings. The molecule has 150 valence electrons. The van der Waals surface area contributed by atoms with Crippen molar-refractivity contribution < 1.29 is 4.79 Å². The third-order valence-corrected chi connectivity index (χ3v) is 6.29. The molecule has 3 heteroatoms. The van der Waals surface area contributed by atoms with E-state index in [9.17, 15) is 4.79 Å². The lowest BCUT2D eigenvalue weighted by molar-refractivity contribution is -0.113. The van der Waals surface area contributed by atoms with Crippen LogP contribution in [0.3, 0.4) is 0 Å². The smallest absolute Gasteiger partial charge is 0.185 e. The molecule has 0 N–H and O–H groups in total.